The summed E-state index contributed by atoms with van der Waals surface area (Å²) < 4.78 is 0.677. The van der Waals surface area contributed by atoms with Crippen LogP contribution in [0.5, 0.6) is 0 Å². The summed E-state index contributed by atoms with van der Waals surface area (Å²) in [5.74, 6) is -1.16. The molecule has 0 aliphatic heterocycles. The van der Waals surface area contributed by atoms with Gasteiger partial charge in [-0.15, -0.1) is 0 Å². The molecule has 0 saturated carbocycles. The van der Waals surface area contributed by atoms with Crippen LogP contribution in [0.4, 0.5) is 5.69 Å². The van der Waals surface area contributed by atoms with E-state index in [0.717, 1.165) is 0 Å². The molecule has 80 valence electrons. The van der Waals surface area contributed by atoms with Crippen molar-refractivity contribution in [3.05, 3.63) is 28.2 Å². The third kappa shape index (κ3) is 3.36. The van der Waals surface area contributed by atoms with Crippen molar-refractivity contribution in [1.29, 1.82) is 0 Å². The highest BCUT2D eigenvalue weighted by atomic mass is 79.9. The highest BCUT2D eigenvalue weighted by molar-refractivity contribution is 9.10. The van der Waals surface area contributed by atoms with Crippen molar-refractivity contribution in [1.82, 2.24) is 0 Å². The number of hydrogen-bond donors (Lipinski definition) is 2. The minimum Gasteiger partial charge on any atom is -0.481 e. The molecule has 0 spiro atoms. The van der Waals surface area contributed by atoms with Gasteiger partial charge in [-0.2, -0.15) is 0 Å². The van der Waals surface area contributed by atoms with Gasteiger partial charge in [-0.25, -0.2) is 0 Å². The van der Waals surface area contributed by atoms with Gasteiger partial charge in [-0.05, 0) is 27.6 Å². The first kappa shape index (κ1) is 11.7. The number of carbonyl (C=O) groups is 2. The summed E-state index contributed by atoms with van der Waals surface area (Å²) >= 11 is 3.26. The minimum absolute atomic E-state index is 0.116. The van der Waals surface area contributed by atoms with E-state index in [0.29, 0.717) is 15.7 Å². The molecule has 0 aromatic heterocycles. The van der Waals surface area contributed by atoms with Crippen LogP contribution in [0.1, 0.15) is 12.5 Å². The van der Waals surface area contributed by atoms with E-state index in [1.54, 1.807) is 18.2 Å². The number of halogens is 1. The van der Waals surface area contributed by atoms with Crippen molar-refractivity contribution in [2.75, 3.05) is 5.32 Å². The van der Waals surface area contributed by atoms with E-state index in [2.05, 4.69) is 21.2 Å². The van der Waals surface area contributed by atoms with Gasteiger partial charge in [-0.1, -0.05) is 12.1 Å². The molecule has 1 aromatic rings. The zero-order chi connectivity index (χ0) is 11.4. The maximum absolute atomic E-state index is 10.9. The number of benzene rings is 1. The molecule has 0 aliphatic carbocycles. The molecule has 1 aromatic carbocycles. The van der Waals surface area contributed by atoms with Gasteiger partial charge in [-0.3, -0.25) is 9.59 Å². The average molecular weight is 272 g/mol. The average Bonchev–Trinajstić information content (AvgIpc) is 2.09. The van der Waals surface area contributed by atoms with Crippen LogP contribution in [0.15, 0.2) is 22.7 Å². The maximum Gasteiger partial charge on any atom is 0.307 e. The van der Waals surface area contributed by atoms with Gasteiger partial charge >= 0.3 is 5.97 Å². The molecule has 2 N–H and O–H groups in total. The molecule has 0 atom stereocenters. The third-order valence-electron chi connectivity index (χ3n) is 1.74. The number of carboxylic acids is 1. The Kier molecular flexibility index (Phi) is 3.85. The van der Waals surface area contributed by atoms with Gasteiger partial charge in [0.15, 0.2) is 0 Å². The molecule has 0 unspecified atom stereocenters. The van der Waals surface area contributed by atoms with Gasteiger partial charge < -0.3 is 10.4 Å². The Bertz CT molecular complexity index is 404. The Hall–Kier alpha value is -1.36. The van der Waals surface area contributed by atoms with Crippen molar-refractivity contribution in [3.63, 3.8) is 0 Å². The summed E-state index contributed by atoms with van der Waals surface area (Å²) in [6, 6.07) is 5.15. The molecule has 0 heterocycles. The molecular weight excluding hydrogens is 262 g/mol. The van der Waals surface area contributed by atoms with Gasteiger partial charge in [0.1, 0.15) is 0 Å². The van der Waals surface area contributed by atoms with Gasteiger partial charge in [0.2, 0.25) is 5.91 Å². The molecule has 0 aliphatic rings. The Balaban J connectivity index is 3.08. The van der Waals surface area contributed by atoms with E-state index in [9.17, 15) is 9.59 Å². The Morgan fingerprint density at radius 3 is 2.67 bits per heavy atom. The summed E-state index contributed by atoms with van der Waals surface area (Å²) in [5, 5.41) is 11.3. The Morgan fingerprint density at radius 2 is 2.13 bits per heavy atom. The number of para-hydroxylation sites is 1. The highest BCUT2D eigenvalue weighted by Crippen LogP contribution is 2.26. The fraction of sp³-hybridized carbons (Fsp3) is 0.200. The second kappa shape index (κ2) is 4.93. The molecular formula is C10H10BrNO3. The van der Waals surface area contributed by atoms with Crippen LogP contribution in [-0.2, 0) is 16.0 Å². The number of anilines is 1. The summed E-state index contributed by atoms with van der Waals surface area (Å²) in [6.07, 6.45) is -0.116. The summed E-state index contributed by atoms with van der Waals surface area (Å²) in [7, 11) is 0. The van der Waals surface area contributed by atoms with Crippen LogP contribution in [0.25, 0.3) is 0 Å². The molecule has 1 rings (SSSR count). The molecule has 0 radical (unpaired) electrons. The van der Waals surface area contributed by atoms with E-state index in [1.165, 1.54) is 6.92 Å². The predicted octanol–water partition coefficient (Wildman–Crippen LogP) is 2.03. The molecule has 4 nitrogen and oxygen atoms in total. The Labute approximate surface area is 95.4 Å². The van der Waals surface area contributed by atoms with E-state index in [4.69, 9.17) is 5.11 Å². The van der Waals surface area contributed by atoms with Gasteiger partial charge in [0.05, 0.1) is 12.1 Å². The van der Waals surface area contributed by atoms with Crippen molar-refractivity contribution in [2.45, 2.75) is 13.3 Å². The lowest BCUT2D eigenvalue weighted by Crippen LogP contribution is -2.11. The molecule has 1 amide bonds. The topological polar surface area (TPSA) is 66.4 Å². The lowest BCUT2D eigenvalue weighted by atomic mass is 10.1. The van der Waals surface area contributed by atoms with E-state index in [-0.39, 0.29) is 12.3 Å². The number of nitrogens with one attached hydrogen (secondary N) is 1. The normalized spacial score (nSPS) is 9.73. The van der Waals surface area contributed by atoms with Crippen LogP contribution in [0.3, 0.4) is 0 Å². The minimum atomic E-state index is -0.931. The molecule has 15 heavy (non-hydrogen) atoms. The van der Waals surface area contributed by atoms with Crippen molar-refractivity contribution < 1.29 is 14.7 Å². The highest BCUT2D eigenvalue weighted by Gasteiger charge is 2.10. The first-order chi connectivity index (χ1) is 7.00. The lowest BCUT2D eigenvalue weighted by molar-refractivity contribution is -0.136. The molecule has 5 heteroatoms. The molecule has 0 fully saturated rings. The summed E-state index contributed by atoms with van der Waals surface area (Å²) in [5.41, 5.74) is 1.10. The van der Waals surface area contributed by atoms with Crippen LogP contribution < -0.4 is 5.32 Å². The molecule has 0 saturated heterocycles. The largest absolute Gasteiger partial charge is 0.481 e. The standard InChI is InChI=1S/C10H10BrNO3/c1-6(13)12-10-7(5-9(14)15)3-2-4-8(10)11/h2-4H,5H2,1H3,(H,12,13)(H,14,15). The number of aliphatic carboxylic acids is 1. The lowest BCUT2D eigenvalue weighted by Gasteiger charge is -2.10. The number of carbonyl (C=O) groups excluding carboxylic acids is 1. The Morgan fingerprint density at radius 1 is 1.47 bits per heavy atom. The predicted molar refractivity (Wildman–Crippen MR) is 59.8 cm³/mol. The van der Waals surface area contributed by atoms with E-state index in [1.807, 2.05) is 0 Å². The second-order valence-electron chi connectivity index (χ2n) is 3.03. The SMILES string of the molecule is CC(=O)Nc1c(Br)cccc1CC(=O)O. The zero-order valence-corrected chi connectivity index (χ0v) is 9.67. The van der Waals surface area contributed by atoms with Gasteiger partial charge in [0, 0.05) is 11.4 Å². The fourth-order valence-corrected chi connectivity index (χ4v) is 1.70. The maximum atomic E-state index is 10.9. The van der Waals surface area contributed by atoms with Crippen molar-refractivity contribution >= 4 is 33.5 Å². The van der Waals surface area contributed by atoms with Gasteiger partial charge in [0.25, 0.3) is 0 Å². The third-order valence-corrected chi connectivity index (χ3v) is 2.40. The quantitative estimate of drug-likeness (QED) is 0.884. The smallest absolute Gasteiger partial charge is 0.307 e. The first-order valence-electron chi connectivity index (χ1n) is 4.27. The first-order valence-corrected chi connectivity index (χ1v) is 5.06. The number of hydrogen-bond acceptors (Lipinski definition) is 2. The van der Waals surface area contributed by atoms with Crippen LogP contribution in [0.2, 0.25) is 0 Å². The monoisotopic (exact) mass is 271 g/mol. The number of carboxylic acid groups (broad SMARTS) is 1. The molecule has 0 bridgehead atoms. The van der Waals surface area contributed by atoms with Crippen LogP contribution >= 0.6 is 15.9 Å². The second-order valence-corrected chi connectivity index (χ2v) is 3.88. The summed E-state index contributed by atoms with van der Waals surface area (Å²) in [6.45, 7) is 1.38. The van der Waals surface area contributed by atoms with Crippen LogP contribution in [0, 0.1) is 0 Å². The number of amides is 1. The van der Waals surface area contributed by atoms with E-state index >= 15 is 0 Å². The van der Waals surface area contributed by atoms with Crippen molar-refractivity contribution in [2.24, 2.45) is 0 Å². The van der Waals surface area contributed by atoms with Crippen LogP contribution in [-0.4, -0.2) is 17.0 Å². The summed E-state index contributed by atoms with van der Waals surface area (Å²) in [4.78, 5) is 21.5. The van der Waals surface area contributed by atoms with E-state index < -0.39 is 5.97 Å². The number of rotatable bonds is 3. The van der Waals surface area contributed by atoms with Crippen molar-refractivity contribution in [3.8, 4) is 0 Å². The fourth-order valence-electron chi connectivity index (χ4n) is 1.20. The zero-order valence-electron chi connectivity index (χ0n) is 8.08.